The van der Waals surface area contributed by atoms with Crippen LogP contribution >= 0.6 is 15.9 Å². The van der Waals surface area contributed by atoms with E-state index in [1.54, 1.807) is 12.1 Å². The van der Waals surface area contributed by atoms with Crippen LogP contribution in [0.4, 0.5) is 10.2 Å². The van der Waals surface area contributed by atoms with Gasteiger partial charge >= 0.3 is 0 Å². The predicted octanol–water partition coefficient (Wildman–Crippen LogP) is 6.32. The second-order valence-corrected chi connectivity index (χ2v) is 8.15. The molecule has 2 aromatic rings. The normalized spacial score (nSPS) is 15.9. The number of aryl methyl sites for hydroxylation is 1. The molecule has 3 rings (SSSR count). The van der Waals surface area contributed by atoms with Crippen molar-refractivity contribution in [3.05, 3.63) is 45.3 Å². The number of nitriles is 1. The van der Waals surface area contributed by atoms with Gasteiger partial charge in [0.1, 0.15) is 23.3 Å². The van der Waals surface area contributed by atoms with Crippen molar-refractivity contribution in [1.82, 2.24) is 4.98 Å². The van der Waals surface area contributed by atoms with Crippen LogP contribution in [0.25, 0.3) is 11.1 Å². The van der Waals surface area contributed by atoms with E-state index in [1.807, 2.05) is 0 Å². The number of nitrogens with zero attached hydrogens (tertiary/aromatic N) is 2. The van der Waals surface area contributed by atoms with Gasteiger partial charge in [0, 0.05) is 21.3 Å². The van der Waals surface area contributed by atoms with Gasteiger partial charge in [-0.25, -0.2) is 9.37 Å². The summed E-state index contributed by atoms with van der Waals surface area (Å²) >= 11 is 3.43. The fourth-order valence-electron chi connectivity index (χ4n) is 3.92. The van der Waals surface area contributed by atoms with Gasteiger partial charge in [0.2, 0.25) is 0 Å². The molecule has 0 amide bonds. The zero-order valence-corrected chi connectivity index (χ0v) is 17.1. The molecule has 3 nitrogen and oxygen atoms in total. The summed E-state index contributed by atoms with van der Waals surface area (Å²) in [5.74, 6) is -0.133. The van der Waals surface area contributed by atoms with E-state index < -0.39 is 0 Å². The number of pyridine rings is 1. The maximum atomic E-state index is 14.7. The van der Waals surface area contributed by atoms with E-state index in [1.165, 1.54) is 38.2 Å². The van der Waals surface area contributed by atoms with Crippen LogP contribution in [0.15, 0.2) is 22.7 Å². The Balaban J connectivity index is 2.17. The van der Waals surface area contributed by atoms with Gasteiger partial charge in [-0.05, 0) is 49.4 Å². The van der Waals surface area contributed by atoms with Gasteiger partial charge in [-0.15, -0.1) is 0 Å². The lowest BCUT2D eigenvalue weighted by Crippen LogP contribution is -2.09. The molecule has 0 aliphatic heterocycles. The Bertz CT molecular complexity index is 858. The maximum Gasteiger partial charge on any atom is 0.142 e. The molecule has 142 valence electrons. The third-order valence-corrected chi connectivity index (χ3v) is 5.80. The highest BCUT2D eigenvalue weighted by molar-refractivity contribution is 9.10. The Morgan fingerprint density at radius 2 is 1.63 bits per heavy atom. The SMILES string of the molecule is N#Cc1c(N)nc2c(c1-c1cc(Br)ccc1F)CCCCCCCCCC2. The highest BCUT2D eigenvalue weighted by Crippen LogP contribution is 2.37. The van der Waals surface area contributed by atoms with E-state index in [2.05, 4.69) is 27.0 Å². The number of fused-ring (bicyclic) bond motifs is 1. The van der Waals surface area contributed by atoms with E-state index in [9.17, 15) is 9.65 Å². The fraction of sp³-hybridized carbons (Fsp3) is 0.455. The molecule has 0 spiro atoms. The Morgan fingerprint density at radius 1 is 1.00 bits per heavy atom. The third kappa shape index (κ3) is 4.68. The average Bonchev–Trinajstić information content (AvgIpc) is 2.64. The smallest absolute Gasteiger partial charge is 0.142 e. The first-order valence-corrected chi connectivity index (χ1v) is 10.6. The molecule has 5 heteroatoms. The van der Waals surface area contributed by atoms with Gasteiger partial charge < -0.3 is 5.73 Å². The van der Waals surface area contributed by atoms with E-state index in [0.29, 0.717) is 11.1 Å². The second-order valence-electron chi connectivity index (χ2n) is 7.24. The van der Waals surface area contributed by atoms with Crippen LogP contribution in [-0.4, -0.2) is 4.98 Å². The number of anilines is 1. The van der Waals surface area contributed by atoms with Crippen molar-refractivity contribution < 1.29 is 4.39 Å². The quantitative estimate of drug-likeness (QED) is 0.576. The molecule has 0 atom stereocenters. The number of nitrogens with two attached hydrogens (primary N) is 1. The van der Waals surface area contributed by atoms with Crippen molar-refractivity contribution in [2.45, 2.75) is 64.2 Å². The Labute approximate surface area is 168 Å². The van der Waals surface area contributed by atoms with Crippen LogP contribution < -0.4 is 5.73 Å². The largest absolute Gasteiger partial charge is 0.383 e. The lowest BCUT2D eigenvalue weighted by atomic mass is 9.88. The second kappa shape index (κ2) is 9.32. The molecule has 0 bridgehead atoms. The molecule has 1 aromatic heterocycles. The number of hydrogen-bond acceptors (Lipinski definition) is 3. The summed E-state index contributed by atoms with van der Waals surface area (Å²) in [6.45, 7) is 0. The topological polar surface area (TPSA) is 62.7 Å². The van der Waals surface area contributed by atoms with E-state index in [4.69, 9.17) is 5.73 Å². The number of rotatable bonds is 1. The van der Waals surface area contributed by atoms with Crippen molar-refractivity contribution >= 4 is 21.7 Å². The summed E-state index contributed by atoms with van der Waals surface area (Å²) in [5.41, 5.74) is 9.41. The summed E-state index contributed by atoms with van der Waals surface area (Å²) in [6.07, 6.45) is 11.1. The molecule has 0 radical (unpaired) electrons. The molecule has 1 aliphatic rings. The van der Waals surface area contributed by atoms with Crippen LogP contribution in [0.2, 0.25) is 0 Å². The van der Waals surface area contributed by atoms with Gasteiger partial charge in [0.15, 0.2) is 0 Å². The number of aromatic nitrogens is 1. The first-order valence-electron chi connectivity index (χ1n) is 9.78. The zero-order valence-electron chi connectivity index (χ0n) is 15.5. The van der Waals surface area contributed by atoms with Crippen molar-refractivity contribution in [3.63, 3.8) is 0 Å². The van der Waals surface area contributed by atoms with Crippen molar-refractivity contribution in [2.75, 3.05) is 5.73 Å². The number of benzene rings is 1. The number of halogens is 2. The van der Waals surface area contributed by atoms with Crippen molar-refractivity contribution in [1.29, 1.82) is 5.26 Å². The van der Waals surface area contributed by atoms with Gasteiger partial charge in [0.25, 0.3) is 0 Å². The van der Waals surface area contributed by atoms with Crippen LogP contribution in [0.3, 0.4) is 0 Å². The summed E-state index contributed by atoms with van der Waals surface area (Å²) < 4.78 is 15.5. The molecule has 0 saturated carbocycles. The number of nitrogen functional groups attached to an aromatic ring is 1. The predicted molar refractivity (Wildman–Crippen MR) is 111 cm³/mol. The molecule has 1 aliphatic carbocycles. The van der Waals surface area contributed by atoms with Crippen LogP contribution in [-0.2, 0) is 12.8 Å². The van der Waals surface area contributed by atoms with Crippen molar-refractivity contribution in [2.24, 2.45) is 0 Å². The molecule has 0 saturated heterocycles. The average molecular weight is 430 g/mol. The zero-order chi connectivity index (χ0) is 19.2. The first-order chi connectivity index (χ1) is 13.1. The standard InChI is InChI=1S/C22H25BrFN3/c23-15-11-12-19(24)17(13-15)21-16-9-7-5-3-1-2-4-6-8-10-20(16)27-22(26)18(21)14-25/h11-13H,1-10H2,(H2,26,27). The van der Waals surface area contributed by atoms with Gasteiger partial charge in [0.05, 0.1) is 0 Å². The Hall–Kier alpha value is -1.93. The molecule has 1 aromatic carbocycles. The minimum absolute atomic E-state index is 0.206. The summed E-state index contributed by atoms with van der Waals surface area (Å²) in [7, 11) is 0. The fourth-order valence-corrected chi connectivity index (χ4v) is 4.28. The lowest BCUT2D eigenvalue weighted by molar-refractivity contribution is 0.557. The maximum absolute atomic E-state index is 14.7. The molecule has 1 heterocycles. The molecule has 0 fully saturated rings. The lowest BCUT2D eigenvalue weighted by Gasteiger charge is -2.19. The third-order valence-electron chi connectivity index (χ3n) is 5.31. The van der Waals surface area contributed by atoms with Gasteiger partial charge in [-0.3, -0.25) is 0 Å². The number of hydrogen-bond donors (Lipinski definition) is 1. The molecule has 27 heavy (non-hydrogen) atoms. The van der Waals surface area contributed by atoms with Crippen LogP contribution in [0, 0.1) is 17.1 Å². The summed E-state index contributed by atoms with van der Waals surface area (Å²) in [6, 6.07) is 7.01. The van der Waals surface area contributed by atoms with Crippen LogP contribution in [0.5, 0.6) is 0 Å². The Kier molecular flexibility index (Phi) is 6.84. The highest BCUT2D eigenvalue weighted by Gasteiger charge is 2.22. The molecular weight excluding hydrogens is 405 g/mol. The Morgan fingerprint density at radius 3 is 2.30 bits per heavy atom. The van der Waals surface area contributed by atoms with Gasteiger partial charge in [-0.2, -0.15) is 5.26 Å². The van der Waals surface area contributed by atoms with Crippen molar-refractivity contribution in [3.8, 4) is 17.2 Å². The highest BCUT2D eigenvalue weighted by atomic mass is 79.9. The van der Waals surface area contributed by atoms with Gasteiger partial charge in [-0.1, -0.05) is 54.5 Å². The molecule has 2 N–H and O–H groups in total. The summed E-state index contributed by atoms with van der Waals surface area (Å²) in [4.78, 5) is 4.57. The van der Waals surface area contributed by atoms with Crippen LogP contribution in [0.1, 0.15) is 68.2 Å². The molecular formula is C22H25BrFN3. The first kappa shape index (κ1) is 19.8. The van der Waals surface area contributed by atoms with E-state index in [-0.39, 0.29) is 17.2 Å². The van der Waals surface area contributed by atoms with E-state index in [0.717, 1.165) is 47.8 Å². The minimum Gasteiger partial charge on any atom is -0.383 e. The minimum atomic E-state index is -0.339. The molecule has 0 unspecified atom stereocenters. The monoisotopic (exact) mass is 429 g/mol. The van der Waals surface area contributed by atoms with E-state index >= 15 is 0 Å². The summed E-state index contributed by atoms with van der Waals surface area (Å²) in [5, 5.41) is 9.73.